The molecule has 1 saturated carbocycles. The van der Waals surface area contributed by atoms with Gasteiger partial charge in [0, 0.05) is 6.21 Å². The van der Waals surface area contributed by atoms with Crippen LogP contribution in [-0.2, 0) is 6.42 Å². The molecule has 0 N–H and O–H groups in total. The molecule has 1 aliphatic carbocycles. The van der Waals surface area contributed by atoms with Crippen molar-refractivity contribution in [3.63, 3.8) is 0 Å². The fourth-order valence-electron chi connectivity index (χ4n) is 4.44. The van der Waals surface area contributed by atoms with Crippen molar-refractivity contribution in [3.8, 4) is 11.1 Å². The van der Waals surface area contributed by atoms with Gasteiger partial charge in [-0.3, -0.25) is 4.99 Å². The van der Waals surface area contributed by atoms with Crippen LogP contribution in [0, 0.1) is 0 Å². The lowest BCUT2D eigenvalue weighted by Crippen LogP contribution is -1.94. The number of aliphatic imine (C=N–C) groups is 1. The van der Waals surface area contributed by atoms with Crippen molar-refractivity contribution in [2.75, 3.05) is 0 Å². The molecule has 1 nitrogen and oxygen atoms in total. The molecule has 0 heterocycles. The zero-order valence-electron chi connectivity index (χ0n) is 19.9. The van der Waals surface area contributed by atoms with Crippen LogP contribution in [0.15, 0.2) is 108 Å². The van der Waals surface area contributed by atoms with Gasteiger partial charge in [0.15, 0.2) is 0 Å². The molecular weight excluding hydrogens is 446 g/mol. The van der Waals surface area contributed by atoms with Gasteiger partial charge in [0.05, 0.1) is 10.7 Å². The van der Waals surface area contributed by atoms with E-state index >= 15 is 0 Å². The van der Waals surface area contributed by atoms with E-state index in [0.717, 1.165) is 35.6 Å². The highest BCUT2D eigenvalue weighted by molar-refractivity contribution is 6.33. The average molecular weight is 476 g/mol. The Balaban J connectivity index is 1.26. The summed E-state index contributed by atoms with van der Waals surface area (Å²) in [6, 6.07) is 33.8. The number of hydrogen-bond acceptors (Lipinski definition) is 1. The monoisotopic (exact) mass is 475 g/mol. The highest BCUT2D eigenvalue weighted by atomic mass is 35.5. The van der Waals surface area contributed by atoms with Gasteiger partial charge < -0.3 is 0 Å². The largest absolute Gasteiger partial charge is 0.255 e. The Morgan fingerprint density at radius 2 is 1.46 bits per heavy atom. The van der Waals surface area contributed by atoms with Crippen LogP contribution in [0.25, 0.3) is 17.2 Å². The molecule has 0 atom stereocenters. The summed E-state index contributed by atoms with van der Waals surface area (Å²) in [5, 5.41) is 0.678. The quantitative estimate of drug-likeness (QED) is 0.169. The molecule has 0 saturated heterocycles. The predicted molar refractivity (Wildman–Crippen MR) is 151 cm³/mol. The van der Waals surface area contributed by atoms with Crippen LogP contribution < -0.4 is 0 Å². The second kappa shape index (κ2) is 11.3. The lowest BCUT2D eigenvalue weighted by Gasteiger charge is -2.12. The van der Waals surface area contributed by atoms with Gasteiger partial charge in [0.1, 0.15) is 0 Å². The SMILES string of the molecule is Clc1cc(-c2ccc(CCC/C=C\c3ccccc3)c(C3CC3)c2)ccc1N=Cc1ccccc1. The van der Waals surface area contributed by atoms with Gasteiger partial charge >= 0.3 is 0 Å². The summed E-state index contributed by atoms with van der Waals surface area (Å²) < 4.78 is 0. The van der Waals surface area contributed by atoms with Gasteiger partial charge in [-0.1, -0.05) is 109 Å². The smallest absolute Gasteiger partial charge is 0.0816 e. The van der Waals surface area contributed by atoms with E-state index < -0.39 is 0 Å². The van der Waals surface area contributed by atoms with Gasteiger partial charge in [-0.2, -0.15) is 0 Å². The number of nitrogens with zero attached hydrogens (tertiary/aromatic N) is 1. The number of rotatable bonds is 9. The Hall–Kier alpha value is -3.42. The van der Waals surface area contributed by atoms with Gasteiger partial charge in [-0.15, -0.1) is 0 Å². The minimum atomic E-state index is 0.678. The number of halogens is 1. The number of hydrogen-bond donors (Lipinski definition) is 0. The van der Waals surface area contributed by atoms with Gasteiger partial charge in [0.2, 0.25) is 0 Å². The maximum atomic E-state index is 6.61. The van der Waals surface area contributed by atoms with Crippen LogP contribution >= 0.6 is 11.6 Å². The topological polar surface area (TPSA) is 12.4 Å². The van der Waals surface area contributed by atoms with E-state index in [4.69, 9.17) is 11.6 Å². The third kappa shape index (κ3) is 6.38. The summed E-state index contributed by atoms with van der Waals surface area (Å²) >= 11 is 6.61. The summed E-state index contributed by atoms with van der Waals surface area (Å²) in [6.45, 7) is 0. The number of aryl methyl sites for hydroxylation is 1. The standard InChI is InChI=1S/C33H30ClN/c34-32-23-30(20-21-33(32)35-24-26-13-7-2-8-14-26)29-19-18-27(31(22-29)28-16-17-28)15-9-3-6-12-25-10-4-1-5-11-25/h1-2,4-8,10-14,18-24,28H,3,9,15-17H2/b12-6-,35-24?. The second-order valence-electron chi connectivity index (χ2n) is 9.23. The van der Waals surface area contributed by atoms with Crippen LogP contribution in [0.1, 0.15) is 53.9 Å². The summed E-state index contributed by atoms with van der Waals surface area (Å²) in [7, 11) is 0. The summed E-state index contributed by atoms with van der Waals surface area (Å²) in [6.07, 6.45) is 12.4. The van der Waals surface area contributed by atoms with Crippen LogP contribution in [-0.4, -0.2) is 6.21 Å². The highest BCUT2D eigenvalue weighted by Crippen LogP contribution is 2.43. The van der Waals surface area contributed by atoms with E-state index in [1.807, 2.05) is 48.7 Å². The molecule has 2 heteroatoms. The third-order valence-electron chi connectivity index (χ3n) is 6.52. The minimum absolute atomic E-state index is 0.678. The van der Waals surface area contributed by atoms with E-state index in [2.05, 4.69) is 71.7 Å². The van der Waals surface area contributed by atoms with Crippen molar-refractivity contribution in [1.29, 1.82) is 0 Å². The zero-order valence-corrected chi connectivity index (χ0v) is 20.7. The number of benzene rings is 4. The Bertz CT molecular complexity index is 1320. The van der Waals surface area contributed by atoms with Crippen molar-refractivity contribution in [3.05, 3.63) is 130 Å². The van der Waals surface area contributed by atoms with E-state index in [1.165, 1.54) is 41.5 Å². The Morgan fingerprint density at radius 1 is 0.771 bits per heavy atom. The molecule has 0 spiro atoms. The summed E-state index contributed by atoms with van der Waals surface area (Å²) in [4.78, 5) is 4.59. The van der Waals surface area contributed by atoms with E-state index in [0.29, 0.717) is 5.02 Å². The molecule has 0 bridgehead atoms. The lowest BCUT2D eigenvalue weighted by atomic mass is 9.93. The molecule has 0 unspecified atom stereocenters. The first kappa shape index (κ1) is 23.3. The molecule has 174 valence electrons. The van der Waals surface area contributed by atoms with Gasteiger partial charge in [-0.25, -0.2) is 0 Å². The van der Waals surface area contributed by atoms with Crippen LogP contribution in [0.4, 0.5) is 5.69 Å². The third-order valence-corrected chi connectivity index (χ3v) is 6.83. The number of allylic oxidation sites excluding steroid dienone is 1. The molecule has 0 amide bonds. The molecular formula is C33H30ClN. The maximum Gasteiger partial charge on any atom is 0.0816 e. The molecule has 5 rings (SSSR count). The van der Waals surface area contributed by atoms with Gasteiger partial charge in [-0.05, 0) is 83.5 Å². The van der Waals surface area contributed by atoms with Crippen molar-refractivity contribution in [2.45, 2.75) is 38.0 Å². The molecule has 35 heavy (non-hydrogen) atoms. The average Bonchev–Trinajstić information content (AvgIpc) is 3.75. The molecule has 4 aromatic rings. The second-order valence-corrected chi connectivity index (χ2v) is 9.64. The van der Waals surface area contributed by atoms with Crippen LogP contribution in [0.2, 0.25) is 5.02 Å². The van der Waals surface area contributed by atoms with Crippen molar-refractivity contribution in [1.82, 2.24) is 0 Å². The van der Waals surface area contributed by atoms with Gasteiger partial charge in [0.25, 0.3) is 0 Å². The fourth-order valence-corrected chi connectivity index (χ4v) is 4.67. The van der Waals surface area contributed by atoms with Crippen molar-refractivity contribution in [2.24, 2.45) is 4.99 Å². The maximum absolute atomic E-state index is 6.61. The molecule has 1 fully saturated rings. The van der Waals surface area contributed by atoms with Crippen molar-refractivity contribution < 1.29 is 0 Å². The van der Waals surface area contributed by atoms with E-state index in [9.17, 15) is 0 Å². The normalized spacial score (nSPS) is 13.6. The Kier molecular flexibility index (Phi) is 7.56. The molecule has 0 aromatic heterocycles. The molecule has 4 aromatic carbocycles. The molecule has 1 aliphatic rings. The van der Waals surface area contributed by atoms with Crippen molar-refractivity contribution >= 4 is 29.6 Å². The lowest BCUT2D eigenvalue weighted by molar-refractivity contribution is 0.831. The first-order chi connectivity index (χ1) is 17.3. The Labute approximate surface area is 213 Å². The van der Waals surface area contributed by atoms with Crippen LogP contribution in [0.3, 0.4) is 0 Å². The first-order valence-corrected chi connectivity index (χ1v) is 12.9. The predicted octanol–water partition coefficient (Wildman–Crippen LogP) is 9.67. The fraction of sp³-hybridized carbons (Fsp3) is 0.182. The Morgan fingerprint density at radius 3 is 2.17 bits per heavy atom. The minimum Gasteiger partial charge on any atom is -0.255 e. The summed E-state index contributed by atoms with van der Waals surface area (Å²) in [5.74, 6) is 0.718. The zero-order chi connectivity index (χ0) is 23.9. The number of unbranched alkanes of at least 4 members (excludes halogenated alkanes) is 1. The highest BCUT2D eigenvalue weighted by Gasteiger charge is 2.26. The first-order valence-electron chi connectivity index (χ1n) is 12.5. The molecule has 0 radical (unpaired) electrons. The van der Waals surface area contributed by atoms with Crippen LogP contribution in [0.5, 0.6) is 0 Å². The molecule has 0 aliphatic heterocycles. The summed E-state index contributed by atoms with van der Waals surface area (Å²) in [5.41, 5.74) is 8.53. The van der Waals surface area contributed by atoms with E-state index in [1.54, 1.807) is 0 Å². The van der Waals surface area contributed by atoms with E-state index in [-0.39, 0.29) is 0 Å².